The van der Waals surface area contributed by atoms with Crippen LogP contribution in [-0.2, 0) is 17.8 Å². The fourth-order valence-corrected chi connectivity index (χ4v) is 2.86. The molecule has 3 rings (SSSR count). The predicted octanol–water partition coefficient (Wildman–Crippen LogP) is 2.91. The Bertz CT molecular complexity index is 818. The second kappa shape index (κ2) is 10.7. The number of rotatable bonds is 9. The molecule has 1 saturated carbocycles. The Balaban J connectivity index is 1.35. The Kier molecular flexibility index (Phi) is 7.76. The molecule has 1 amide bonds. The third kappa shape index (κ3) is 7.66. The lowest BCUT2D eigenvalue weighted by atomic mass is 10.1. The number of nitrogens with one attached hydrogen (secondary N) is 3. The highest BCUT2D eigenvalue weighted by Crippen LogP contribution is 2.18. The van der Waals surface area contributed by atoms with E-state index >= 15 is 0 Å². The first-order valence-corrected chi connectivity index (χ1v) is 10.2. The summed E-state index contributed by atoms with van der Waals surface area (Å²) in [6.45, 7) is 1.49. The van der Waals surface area contributed by atoms with E-state index in [1.807, 2.05) is 48.5 Å². The first-order valence-electron chi connectivity index (χ1n) is 9.82. The average Bonchev–Trinajstić information content (AvgIpc) is 3.55. The van der Waals surface area contributed by atoms with Crippen LogP contribution >= 0.6 is 11.6 Å². The Morgan fingerprint density at radius 3 is 2.41 bits per heavy atom. The minimum atomic E-state index is -0.0572. The number of halogens is 1. The molecule has 7 heteroatoms. The smallest absolute Gasteiger partial charge is 0.258 e. The fraction of sp³-hybridized carbons (Fsp3) is 0.364. The van der Waals surface area contributed by atoms with Gasteiger partial charge in [0.2, 0.25) is 0 Å². The number of aliphatic imine (C=N–C) groups is 1. The summed E-state index contributed by atoms with van der Waals surface area (Å²) in [6.07, 6.45) is 3.01. The van der Waals surface area contributed by atoms with E-state index in [0.717, 1.165) is 42.4 Å². The third-order valence-electron chi connectivity index (χ3n) is 4.54. The predicted molar refractivity (Wildman–Crippen MR) is 116 cm³/mol. The van der Waals surface area contributed by atoms with Crippen LogP contribution in [0, 0.1) is 0 Å². The summed E-state index contributed by atoms with van der Waals surface area (Å²) in [4.78, 5) is 15.9. The summed E-state index contributed by atoms with van der Waals surface area (Å²) in [6, 6.07) is 15.9. The highest BCUT2D eigenvalue weighted by Gasteiger charge is 2.23. The maximum atomic E-state index is 11.7. The van der Waals surface area contributed by atoms with Crippen LogP contribution in [0.15, 0.2) is 53.5 Å². The van der Waals surface area contributed by atoms with Gasteiger partial charge in [0.1, 0.15) is 5.75 Å². The maximum Gasteiger partial charge on any atom is 0.258 e. The van der Waals surface area contributed by atoms with Crippen molar-refractivity contribution in [3.63, 3.8) is 0 Å². The molecule has 0 bridgehead atoms. The van der Waals surface area contributed by atoms with Crippen molar-refractivity contribution in [3.8, 4) is 5.75 Å². The third-order valence-corrected chi connectivity index (χ3v) is 4.79. The van der Waals surface area contributed by atoms with Crippen molar-refractivity contribution in [3.05, 3.63) is 64.7 Å². The van der Waals surface area contributed by atoms with Gasteiger partial charge in [-0.2, -0.15) is 0 Å². The standard InChI is InChI=1S/C22H27ClN4O2/c1-24-22(26-14-17-2-6-18(23)7-3-17)25-13-12-16-4-10-20(11-5-16)29-15-21(28)27-19-8-9-19/h2-7,10-11,19H,8-9,12-15H2,1H3,(H,27,28)(H2,24,25,26). The quantitative estimate of drug-likeness (QED) is 0.435. The normalized spacial score (nSPS) is 13.7. The Labute approximate surface area is 176 Å². The molecular formula is C22H27ClN4O2. The van der Waals surface area contributed by atoms with Crippen LogP contribution in [0.3, 0.4) is 0 Å². The molecule has 1 fully saturated rings. The maximum absolute atomic E-state index is 11.7. The molecular weight excluding hydrogens is 388 g/mol. The number of amides is 1. The summed E-state index contributed by atoms with van der Waals surface area (Å²) in [5.41, 5.74) is 2.32. The van der Waals surface area contributed by atoms with Crippen LogP contribution in [0.2, 0.25) is 5.02 Å². The highest BCUT2D eigenvalue weighted by molar-refractivity contribution is 6.30. The molecule has 2 aromatic carbocycles. The van der Waals surface area contributed by atoms with Gasteiger partial charge >= 0.3 is 0 Å². The number of carbonyl (C=O) groups is 1. The average molecular weight is 415 g/mol. The van der Waals surface area contributed by atoms with Crippen molar-refractivity contribution < 1.29 is 9.53 Å². The van der Waals surface area contributed by atoms with Gasteiger partial charge in [-0.15, -0.1) is 0 Å². The Hall–Kier alpha value is -2.73. The molecule has 0 saturated heterocycles. The van der Waals surface area contributed by atoms with Gasteiger partial charge in [-0.3, -0.25) is 9.79 Å². The molecule has 29 heavy (non-hydrogen) atoms. The lowest BCUT2D eigenvalue weighted by molar-refractivity contribution is -0.123. The highest BCUT2D eigenvalue weighted by atomic mass is 35.5. The van der Waals surface area contributed by atoms with Gasteiger partial charge in [-0.1, -0.05) is 35.9 Å². The molecule has 1 aliphatic carbocycles. The van der Waals surface area contributed by atoms with E-state index < -0.39 is 0 Å². The number of nitrogens with zero attached hydrogens (tertiary/aromatic N) is 1. The van der Waals surface area contributed by atoms with E-state index in [1.165, 1.54) is 5.56 Å². The molecule has 0 unspecified atom stereocenters. The summed E-state index contributed by atoms with van der Waals surface area (Å²) in [7, 11) is 1.75. The molecule has 6 nitrogen and oxygen atoms in total. The van der Waals surface area contributed by atoms with E-state index in [4.69, 9.17) is 16.3 Å². The van der Waals surface area contributed by atoms with Crippen LogP contribution < -0.4 is 20.7 Å². The molecule has 0 atom stereocenters. The van der Waals surface area contributed by atoms with E-state index in [1.54, 1.807) is 7.05 Å². The first-order chi connectivity index (χ1) is 14.1. The minimum absolute atomic E-state index is 0.0572. The molecule has 0 spiro atoms. The number of hydrogen-bond acceptors (Lipinski definition) is 3. The van der Waals surface area contributed by atoms with E-state index in [2.05, 4.69) is 20.9 Å². The molecule has 1 aliphatic rings. The first kappa shape index (κ1) is 21.0. The second-order valence-electron chi connectivity index (χ2n) is 7.00. The lowest BCUT2D eigenvalue weighted by Crippen LogP contribution is -2.37. The SMILES string of the molecule is CN=C(NCCc1ccc(OCC(=O)NC2CC2)cc1)NCc1ccc(Cl)cc1. The van der Waals surface area contributed by atoms with Crippen LogP contribution in [0.4, 0.5) is 0 Å². The summed E-state index contributed by atoms with van der Waals surface area (Å²) in [5, 5.41) is 10.2. The number of ether oxygens (including phenoxy) is 1. The monoisotopic (exact) mass is 414 g/mol. The van der Waals surface area contributed by atoms with Gasteiger partial charge in [-0.25, -0.2) is 0 Å². The van der Waals surface area contributed by atoms with Crippen molar-refractivity contribution in [1.29, 1.82) is 0 Å². The summed E-state index contributed by atoms with van der Waals surface area (Å²) in [5.74, 6) is 1.40. The van der Waals surface area contributed by atoms with Crippen LogP contribution in [-0.4, -0.2) is 38.1 Å². The van der Waals surface area contributed by atoms with Crippen LogP contribution in [0.1, 0.15) is 24.0 Å². The molecule has 2 aromatic rings. The second-order valence-corrected chi connectivity index (χ2v) is 7.44. The van der Waals surface area contributed by atoms with Crippen molar-refractivity contribution in [1.82, 2.24) is 16.0 Å². The van der Waals surface area contributed by atoms with E-state index in [-0.39, 0.29) is 12.5 Å². The zero-order chi connectivity index (χ0) is 20.5. The fourth-order valence-electron chi connectivity index (χ4n) is 2.73. The van der Waals surface area contributed by atoms with Crippen molar-refractivity contribution in [2.75, 3.05) is 20.2 Å². The van der Waals surface area contributed by atoms with Crippen LogP contribution in [0.5, 0.6) is 5.75 Å². The van der Waals surface area contributed by atoms with E-state index in [9.17, 15) is 4.79 Å². The zero-order valence-electron chi connectivity index (χ0n) is 16.6. The number of benzene rings is 2. The van der Waals surface area contributed by atoms with Gasteiger partial charge in [-0.05, 0) is 54.7 Å². The summed E-state index contributed by atoms with van der Waals surface area (Å²) >= 11 is 5.91. The van der Waals surface area contributed by atoms with Gasteiger partial charge in [0.15, 0.2) is 12.6 Å². The van der Waals surface area contributed by atoms with Crippen molar-refractivity contribution in [2.24, 2.45) is 4.99 Å². The number of hydrogen-bond donors (Lipinski definition) is 3. The number of guanidine groups is 1. The Morgan fingerprint density at radius 2 is 1.76 bits per heavy atom. The number of carbonyl (C=O) groups excluding carboxylic acids is 1. The molecule has 0 aliphatic heterocycles. The van der Waals surface area contributed by atoms with Gasteiger partial charge in [0.25, 0.3) is 5.91 Å². The molecule has 154 valence electrons. The minimum Gasteiger partial charge on any atom is -0.484 e. The summed E-state index contributed by atoms with van der Waals surface area (Å²) < 4.78 is 5.53. The van der Waals surface area contributed by atoms with Crippen molar-refractivity contribution in [2.45, 2.75) is 31.8 Å². The lowest BCUT2D eigenvalue weighted by Gasteiger charge is -2.12. The van der Waals surface area contributed by atoms with Crippen molar-refractivity contribution >= 4 is 23.5 Å². The molecule has 0 heterocycles. The van der Waals surface area contributed by atoms with Crippen LogP contribution in [0.25, 0.3) is 0 Å². The molecule has 0 radical (unpaired) electrons. The molecule has 3 N–H and O–H groups in total. The topological polar surface area (TPSA) is 74.8 Å². The van der Waals surface area contributed by atoms with E-state index in [0.29, 0.717) is 18.3 Å². The van der Waals surface area contributed by atoms with Gasteiger partial charge in [0.05, 0.1) is 0 Å². The Morgan fingerprint density at radius 1 is 1.07 bits per heavy atom. The zero-order valence-corrected chi connectivity index (χ0v) is 17.3. The molecule has 0 aromatic heterocycles. The van der Waals surface area contributed by atoms with Gasteiger partial charge < -0.3 is 20.7 Å². The van der Waals surface area contributed by atoms with Gasteiger partial charge in [0, 0.05) is 31.2 Å². The largest absolute Gasteiger partial charge is 0.484 e.